The number of rotatable bonds is 5. The van der Waals surface area contributed by atoms with Gasteiger partial charge in [0.05, 0.1) is 16.8 Å². The van der Waals surface area contributed by atoms with Crippen LogP contribution in [0, 0.1) is 17.5 Å². The fourth-order valence-electron chi connectivity index (χ4n) is 4.04. The zero-order valence-corrected chi connectivity index (χ0v) is 18.4. The lowest BCUT2D eigenvalue weighted by atomic mass is 9.79. The summed E-state index contributed by atoms with van der Waals surface area (Å²) in [6.45, 7) is 0. The molecule has 0 unspecified atom stereocenters. The third kappa shape index (κ3) is 4.49. The highest BCUT2D eigenvalue weighted by Crippen LogP contribution is 2.37. The predicted octanol–water partition coefficient (Wildman–Crippen LogP) is 3.99. The van der Waals surface area contributed by atoms with Crippen molar-refractivity contribution in [2.75, 3.05) is 19.8 Å². The monoisotopic (exact) mass is 458 g/mol. The fraction of sp³-hybridized carbons (Fsp3) is 0.348. The van der Waals surface area contributed by atoms with Crippen LogP contribution in [-0.4, -0.2) is 40.0 Å². The third-order valence-electron chi connectivity index (χ3n) is 6.09. The summed E-state index contributed by atoms with van der Waals surface area (Å²) in [5.41, 5.74) is 11.1. The van der Waals surface area contributed by atoms with Crippen molar-refractivity contribution in [3.05, 3.63) is 59.9 Å². The maximum absolute atomic E-state index is 14.3. The highest BCUT2D eigenvalue weighted by atomic mass is 19.2. The molecular formula is C23H25F3N6O. The quantitative estimate of drug-likeness (QED) is 0.440. The van der Waals surface area contributed by atoms with Crippen LogP contribution in [0.1, 0.15) is 31.5 Å². The van der Waals surface area contributed by atoms with Gasteiger partial charge in [-0.15, -0.1) is 0 Å². The first-order valence-electron chi connectivity index (χ1n) is 10.5. The van der Waals surface area contributed by atoms with Crippen molar-refractivity contribution < 1.29 is 17.9 Å². The van der Waals surface area contributed by atoms with Crippen molar-refractivity contribution in [1.82, 2.24) is 19.9 Å². The van der Waals surface area contributed by atoms with E-state index in [0.29, 0.717) is 29.2 Å². The van der Waals surface area contributed by atoms with Crippen LogP contribution >= 0.6 is 0 Å². The minimum absolute atomic E-state index is 0.0768. The number of pyridine rings is 1. The minimum Gasteiger partial charge on any atom is -0.435 e. The molecule has 0 radical (unpaired) electrons. The van der Waals surface area contributed by atoms with Crippen LogP contribution < -0.4 is 16.2 Å². The molecule has 4 rings (SSSR count). The summed E-state index contributed by atoms with van der Waals surface area (Å²) in [5, 5.41) is 0. The number of hydrogen-bond donors (Lipinski definition) is 2. The number of hydrogen-bond acceptors (Lipinski definition) is 7. The van der Waals surface area contributed by atoms with Gasteiger partial charge in [-0.1, -0.05) is 0 Å². The second-order valence-electron chi connectivity index (χ2n) is 8.47. The Balaban J connectivity index is 1.66. The molecular weight excluding hydrogens is 433 g/mol. The zero-order chi connectivity index (χ0) is 23.8. The second kappa shape index (κ2) is 8.95. The van der Waals surface area contributed by atoms with Crippen molar-refractivity contribution in [3.63, 3.8) is 0 Å². The number of benzene rings is 1. The van der Waals surface area contributed by atoms with E-state index in [9.17, 15) is 13.2 Å². The van der Waals surface area contributed by atoms with Crippen molar-refractivity contribution >= 4 is 5.69 Å². The molecule has 0 aliphatic heterocycles. The van der Waals surface area contributed by atoms with E-state index in [1.807, 2.05) is 0 Å². The van der Waals surface area contributed by atoms with Crippen molar-refractivity contribution in [2.24, 2.45) is 5.73 Å². The van der Waals surface area contributed by atoms with Gasteiger partial charge >= 0.3 is 0 Å². The summed E-state index contributed by atoms with van der Waals surface area (Å²) in [6.07, 6.45) is 6.30. The molecule has 1 aliphatic rings. The molecule has 174 valence electrons. The average molecular weight is 458 g/mol. The molecule has 1 aliphatic carbocycles. The van der Waals surface area contributed by atoms with Gasteiger partial charge < -0.3 is 21.1 Å². The highest BCUT2D eigenvalue weighted by Gasteiger charge is 2.36. The molecule has 0 spiro atoms. The number of nitrogen functional groups attached to an aromatic ring is 1. The van der Waals surface area contributed by atoms with Crippen molar-refractivity contribution in [3.8, 4) is 22.9 Å². The van der Waals surface area contributed by atoms with E-state index in [0.717, 1.165) is 25.7 Å². The molecule has 1 fully saturated rings. The fourth-order valence-corrected chi connectivity index (χ4v) is 4.04. The van der Waals surface area contributed by atoms with Crippen molar-refractivity contribution in [2.45, 2.75) is 37.3 Å². The van der Waals surface area contributed by atoms with E-state index in [1.54, 1.807) is 24.4 Å². The smallest absolute Gasteiger partial charge is 0.228 e. The standard InChI is InChI=1S/C23H25F3N6O/c1-32(2)13-5-8-23(28,9-6-13)22-30-11-7-16(31-22)14-4-3-10-29-21(14)33-17-12-15(24)20(27)19(26)18(17)25/h3-4,7,10-13H,5-6,8-9,27-28H2,1-2H3. The van der Waals surface area contributed by atoms with Gasteiger partial charge in [0.2, 0.25) is 11.7 Å². The summed E-state index contributed by atoms with van der Waals surface area (Å²) in [4.78, 5) is 15.3. The lowest BCUT2D eigenvalue weighted by Crippen LogP contribution is -2.46. The minimum atomic E-state index is -1.52. The van der Waals surface area contributed by atoms with E-state index >= 15 is 0 Å². The van der Waals surface area contributed by atoms with Crippen LogP contribution in [0.25, 0.3) is 11.3 Å². The average Bonchev–Trinajstić information content (AvgIpc) is 2.82. The number of aromatic nitrogens is 3. The number of nitrogens with zero attached hydrogens (tertiary/aromatic N) is 4. The van der Waals surface area contributed by atoms with Crippen LogP contribution in [0.4, 0.5) is 18.9 Å². The zero-order valence-electron chi connectivity index (χ0n) is 18.4. The van der Waals surface area contributed by atoms with Gasteiger partial charge in [-0.2, -0.15) is 4.39 Å². The van der Waals surface area contributed by atoms with E-state index < -0.39 is 34.4 Å². The first-order valence-corrected chi connectivity index (χ1v) is 10.5. The largest absolute Gasteiger partial charge is 0.435 e. The van der Waals surface area contributed by atoms with Gasteiger partial charge in [-0.25, -0.2) is 23.7 Å². The molecule has 0 bridgehead atoms. The van der Waals surface area contributed by atoms with Crippen LogP contribution in [0.2, 0.25) is 0 Å². The molecule has 2 aromatic heterocycles. The summed E-state index contributed by atoms with van der Waals surface area (Å²) >= 11 is 0. The summed E-state index contributed by atoms with van der Waals surface area (Å²) < 4.78 is 47.5. The van der Waals surface area contributed by atoms with E-state index in [1.165, 1.54) is 6.20 Å². The second-order valence-corrected chi connectivity index (χ2v) is 8.47. The first-order chi connectivity index (χ1) is 15.7. The third-order valence-corrected chi connectivity index (χ3v) is 6.09. The van der Waals surface area contributed by atoms with Crippen LogP contribution in [0.3, 0.4) is 0 Å². The van der Waals surface area contributed by atoms with Crippen molar-refractivity contribution in [1.29, 1.82) is 0 Å². The molecule has 10 heteroatoms. The van der Waals surface area contributed by atoms with Crippen LogP contribution in [0.15, 0.2) is 36.7 Å². The maximum Gasteiger partial charge on any atom is 0.228 e. The Labute approximate surface area is 189 Å². The van der Waals surface area contributed by atoms with Gasteiger partial charge in [0, 0.05) is 24.5 Å². The number of anilines is 1. The molecule has 7 nitrogen and oxygen atoms in total. The maximum atomic E-state index is 14.3. The SMILES string of the molecule is CN(C)C1CCC(N)(c2nccc(-c3cccnc3Oc3cc(F)c(N)c(F)c3F)n2)CC1. The normalized spacial score (nSPS) is 20.8. The molecule has 1 saturated carbocycles. The van der Waals surface area contributed by atoms with E-state index in [-0.39, 0.29) is 5.88 Å². The van der Waals surface area contributed by atoms with Gasteiger partial charge in [-0.05, 0) is 58.0 Å². The molecule has 4 N–H and O–H groups in total. The lowest BCUT2D eigenvalue weighted by molar-refractivity contribution is 0.168. The Bertz CT molecular complexity index is 1160. The summed E-state index contributed by atoms with van der Waals surface area (Å²) in [6, 6.07) is 6.07. The number of nitrogens with two attached hydrogens (primary N) is 2. The summed E-state index contributed by atoms with van der Waals surface area (Å²) in [7, 11) is 4.10. The van der Waals surface area contributed by atoms with E-state index in [4.69, 9.17) is 16.2 Å². The van der Waals surface area contributed by atoms with Gasteiger partial charge in [0.25, 0.3) is 0 Å². The Hall–Kier alpha value is -3.24. The topological polar surface area (TPSA) is 103 Å². The Morgan fingerprint density at radius 3 is 2.48 bits per heavy atom. The van der Waals surface area contributed by atoms with Gasteiger partial charge in [0.1, 0.15) is 11.5 Å². The lowest BCUT2D eigenvalue weighted by Gasteiger charge is -2.38. The molecule has 3 aromatic rings. The summed E-state index contributed by atoms with van der Waals surface area (Å²) in [5.74, 6) is -4.33. The highest BCUT2D eigenvalue weighted by molar-refractivity contribution is 5.65. The first kappa shape index (κ1) is 22.9. The molecule has 33 heavy (non-hydrogen) atoms. The van der Waals surface area contributed by atoms with Gasteiger partial charge in [-0.3, -0.25) is 0 Å². The Kier molecular flexibility index (Phi) is 6.22. The molecule has 0 amide bonds. The molecule has 1 aromatic carbocycles. The van der Waals surface area contributed by atoms with Crippen LogP contribution in [-0.2, 0) is 5.54 Å². The van der Waals surface area contributed by atoms with Gasteiger partial charge in [0.15, 0.2) is 17.4 Å². The predicted molar refractivity (Wildman–Crippen MR) is 118 cm³/mol. The molecule has 2 heterocycles. The molecule has 0 saturated heterocycles. The Morgan fingerprint density at radius 2 is 1.79 bits per heavy atom. The van der Waals surface area contributed by atoms with E-state index in [2.05, 4.69) is 33.9 Å². The number of halogens is 3. The Morgan fingerprint density at radius 1 is 1.06 bits per heavy atom. The van der Waals surface area contributed by atoms with Crippen LogP contribution in [0.5, 0.6) is 11.6 Å². The molecule has 0 atom stereocenters. The number of ether oxygens (including phenoxy) is 1.